The van der Waals surface area contributed by atoms with Gasteiger partial charge in [0.1, 0.15) is 5.82 Å². The van der Waals surface area contributed by atoms with Gasteiger partial charge in [-0.1, -0.05) is 47.2 Å². The molecule has 0 spiro atoms. The first-order chi connectivity index (χ1) is 12.9. The minimum atomic E-state index is -0.453. The van der Waals surface area contributed by atoms with Crippen molar-refractivity contribution in [2.75, 3.05) is 0 Å². The van der Waals surface area contributed by atoms with E-state index in [0.717, 1.165) is 33.9 Å². The number of aliphatic imine (C=N–C) groups is 1. The van der Waals surface area contributed by atoms with Gasteiger partial charge in [-0.2, -0.15) is 0 Å². The summed E-state index contributed by atoms with van der Waals surface area (Å²) in [6.07, 6.45) is 1.77. The summed E-state index contributed by atoms with van der Waals surface area (Å²) in [5.41, 5.74) is 4.07. The fourth-order valence-corrected chi connectivity index (χ4v) is 4.07. The molecule has 1 aliphatic rings. The molecule has 0 radical (unpaired) electrons. The van der Waals surface area contributed by atoms with Gasteiger partial charge < -0.3 is 5.11 Å². The molecule has 1 aromatic heterocycles. The molecule has 136 valence electrons. The van der Waals surface area contributed by atoms with Crippen LogP contribution in [0.1, 0.15) is 22.9 Å². The Hall–Kier alpha value is -2.70. The van der Waals surface area contributed by atoms with Crippen LogP contribution in [0, 0.1) is 5.82 Å². The lowest BCUT2D eigenvalue weighted by atomic mass is 10.0. The number of fused-ring (bicyclic) bond motifs is 1. The number of halogens is 2. The molecule has 0 unspecified atom stereocenters. The van der Waals surface area contributed by atoms with Crippen molar-refractivity contribution in [2.24, 2.45) is 4.99 Å². The lowest BCUT2D eigenvalue weighted by Gasteiger charge is -2.06. The first-order valence-corrected chi connectivity index (χ1v) is 9.37. The van der Waals surface area contributed by atoms with E-state index in [1.807, 2.05) is 31.2 Å². The summed E-state index contributed by atoms with van der Waals surface area (Å²) in [5, 5.41) is 10.8. The fourth-order valence-electron chi connectivity index (χ4n) is 3.02. The Morgan fingerprint density at radius 1 is 1.30 bits per heavy atom. The third-order valence-electron chi connectivity index (χ3n) is 4.38. The predicted molar refractivity (Wildman–Crippen MR) is 108 cm³/mol. The number of nitrogens with zero attached hydrogens (tertiary/aromatic N) is 2. The highest BCUT2D eigenvalue weighted by molar-refractivity contribution is 7.10. The van der Waals surface area contributed by atoms with Gasteiger partial charge in [0.25, 0.3) is 0 Å². The molecule has 0 atom stereocenters. The molecule has 0 amide bonds. The third kappa shape index (κ3) is 3.22. The number of aromatic nitrogens is 1. The zero-order valence-electron chi connectivity index (χ0n) is 14.2. The second kappa shape index (κ2) is 6.79. The molecule has 4 rings (SSSR count). The summed E-state index contributed by atoms with van der Waals surface area (Å²) in [6.45, 7) is 1.95. The van der Waals surface area contributed by atoms with Crippen molar-refractivity contribution in [1.82, 2.24) is 4.57 Å². The summed E-state index contributed by atoms with van der Waals surface area (Å²) < 4.78 is 14.4. The zero-order valence-corrected chi connectivity index (χ0v) is 15.8. The lowest BCUT2D eigenvalue weighted by molar-refractivity contribution is 0.420. The van der Waals surface area contributed by atoms with Crippen LogP contribution in [0.4, 0.5) is 10.1 Å². The topological polar surface area (TPSA) is 54.6 Å². The van der Waals surface area contributed by atoms with Crippen molar-refractivity contribution in [2.45, 2.75) is 13.5 Å². The number of aromatic hydroxyl groups is 1. The number of thiazole rings is 1. The van der Waals surface area contributed by atoms with E-state index in [0.29, 0.717) is 10.4 Å². The summed E-state index contributed by atoms with van der Waals surface area (Å²) in [7, 11) is 0. The maximum atomic E-state index is 13.2. The summed E-state index contributed by atoms with van der Waals surface area (Å²) >= 11 is 6.98. The molecule has 4 nitrogen and oxygen atoms in total. The lowest BCUT2D eigenvalue weighted by Crippen LogP contribution is -2.13. The van der Waals surface area contributed by atoms with E-state index >= 15 is 0 Å². The molecule has 0 saturated carbocycles. The van der Waals surface area contributed by atoms with Gasteiger partial charge in [0.2, 0.25) is 5.88 Å². The monoisotopic (exact) mass is 400 g/mol. The molecule has 2 heterocycles. The Kier molecular flexibility index (Phi) is 4.45. The van der Waals surface area contributed by atoms with Gasteiger partial charge in [-0.25, -0.2) is 4.39 Å². The Bertz CT molecular complexity index is 1180. The molecule has 0 bridgehead atoms. The Morgan fingerprint density at radius 3 is 2.85 bits per heavy atom. The molecule has 1 N–H and O–H groups in total. The highest BCUT2D eigenvalue weighted by atomic mass is 35.5. The van der Waals surface area contributed by atoms with Crippen LogP contribution in [0.5, 0.6) is 5.88 Å². The van der Waals surface area contributed by atoms with Gasteiger partial charge in [-0.15, -0.1) is 0 Å². The predicted octanol–water partition coefficient (Wildman–Crippen LogP) is 5.10. The van der Waals surface area contributed by atoms with Gasteiger partial charge in [-0.3, -0.25) is 14.4 Å². The van der Waals surface area contributed by atoms with E-state index < -0.39 is 5.82 Å². The van der Waals surface area contributed by atoms with E-state index in [1.165, 1.54) is 22.8 Å². The van der Waals surface area contributed by atoms with Crippen molar-refractivity contribution >= 4 is 46.0 Å². The summed E-state index contributed by atoms with van der Waals surface area (Å²) in [4.78, 5) is 17.0. The van der Waals surface area contributed by atoms with E-state index in [1.54, 1.807) is 6.08 Å². The van der Waals surface area contributed by atoms with Crippen LogP contribution in [-0.4, -0.2) is 15.4 Å². The highest BCUT2D eigenvalue weighted by Crippen LogP contribution is 2.37. The number of hydrogen-bond donors (Lipinski definition) is 1. The first kappa shape index (κ1) is 17.7. The van der Waals surface area contributed by atoms with Crippen molar-refractivity contribution in [3.63, 3.8) is 0 Å². The summed E-state index contributed by atoms with van der Waals surface area (Å²) in [6, 6.07) is 11.7. The fraction of sp³-hybridized carbons (Fsp3) is 0.100. The molecule has 0 fully saturated rings. The maximum Gasteiger partial charge on any atom is 0.310 e. The van der Waals surface area contributed by atoms with E-state index in [9.17, 15) is 14.3 Å². The van der Waals surface area contributed by atoms with Crippen LogP contribution < -0.4 is 4.87 Å². The number of benzene rings is 2. The Morgan fingerprint density at radius 2 is 2.07 bits per heavy atom. The second-order valence-corrected chi connectivity index (χ2v) is 7.55. The number of para-hydroxylation sites is 1. The molecular weight excluding hydrogens is 387 g/mol. The summed E-state index contributed by atoms with van der Waals surface area (Å²) in [5.74, 6) is -0.596. The number of rotatable bonds is 3. The van der Waals surface area contributed by atoms with E-state index in [4.69, 9.17) is 11.6 Å². The molecule has 2 aromatic carbocycles. The molecule has 0 saturated heterocycles. The largest absolute Gasteiger partial charge is 0.493 e. The van der Waals surface area contributed by atoms with Crippen LogP contribution >= 0.6 is 22.9 Å². The van der Waals surface area contributed by atoms with E-state index in [2.05, 4.69) is 4.99 Å². The molecular formula is C20H14ClFN2O2S. The van der Waals surface area contributed by atoms with Crippen molar-refractivity contribution in [1.29, 1.82) is 0 Å². The molecule has 0 aliphatic carbocycles. The van der Waals surface area contributed by atoms with Crippen LogP contribution in [0.15, 0.2) is 52.3 Å². The number of allylic oxidation sites excluding steroid dienone is 1. The van der Waals surface area contributed by atoms with Gasteiger partial charge in [0.15, 0.2) is 0 Å². The smallest absolute Gasteiger partial charge is 0.310 e. The zero-order chi connectivity index (χ0) is 19.1. The maximum absolute atomic E-state index is 13.2. The minimum absolute atomic E-state index is 0.0626. The Balaban J connectivity index is 1.74. The number of hydrogen-bond acceptors (Lipinski definition) is 4. The molecule has 27 heavy (non-hydrogen) atoms. The third-order valence-corrected chi connectivity index (χ3v) is 5.65. The highest BCUT2D eigenvalue weighted by Gasteiger charge is 2.20. The van der Waals surface area contributed by atoms with Crippen LogP contribution in [-0.2, 0) is 6.54 Å². The minimum Gasteiger partial charge on any atom is -0.493 e. The normalized spacial score (nSPS) is 14.5. The Labute approximate surface area is 163 Å². The quantitative estimate of drug-likeness (QED) is 0.664. The molecule has 1 aliphatic heterocycles. The molecule has 3 aromatic rings. The van der Waals surface area contributed by atoms with Crippen molar-refractivity contribution in [3.05, 3.63) is 79.0 Å². The van der Waals surface area contributed by atoms with Crippen molar-refractivity contribution < 1.29 is 9.50 Å². The van der Waals surface area contributed by atoms with Crippen molar-refractivity contribution in [3.8, 4) is 5.88 Å². The van der Waals surface area contributed by atoms with Gasteiger partial charge in [-0.05, 0) is 36.8 Å². The van der Waals surface area contributed by atoms with Gasteiger partial charge in [0.05, 0.1) is 17.1 Å². The van der Waals surface area contributed by atoms with E-state index in [-0.39, 0.29) is 22.3 Å². The second-order valence-electron chi connectivity index (χ2n) is 6.15. The first-order valence-electron chi connectivity index (χ1n) is 8.17. The average Bonchev–Trinajstić information content (AvgIpc) is 3.08. The standard InChI is InChI=1S/C20H14ClFN2O2S/c1-11-15(14-4-2-3-5-17(14)23-11)9-18-19(25)24(20(26)27-18)10-12-6-7-13(22)8-16(12)21/h2-9,25H,10H2,1H3. The van der Waals surface area contributed by atoms with Gasteiger partial charge in [0, 0.05) is 21.9 Å². The average molecular weight is 401 g/mol. The van der Waals surface area contributed by atoms with Crippen LogP contribution in [0.2, 0.25) is 5.02 Å². The van der Waals surface area contributed by atoms with Gasteiger partial charge >= 0.3 is 4.87 Å². The van der Waals surface area contributed by atoms with Crippen LogP contribution in [0.25, 0.3) is 11.6 Å². The SMILES string of the molecule is CC1=Nc2ccccc2C1=Cc1sc(=O)n(Cc2ccc(F)cc2Cl)c1O. The molecule has 7 heteroatoms. The van der Waals surface area contributed by atoms with Crippen LogP contribution in [0.3, 0.4) is 0 Å².